The Labute approximate surface area is 255 Å². The number of ketones is 4. The van der Waals surface area contributed by atoms with Crippen LogP contribution in [0.15, 0.2) is 57.7 Å². The van der Waals surface area contributed by atoms with E-state index in [1.165, 1.54) is 31.2 Å². The van der Waals surface area contributed by atoms with Gasteiger partial charge in [0.05, 0.1) is 33.0 Å². The first-order valence-electron chi connectivity index (χ1n) is 13.7. The minimum absolute atomic E-state index is 0.0462. The van der Waals surface area contributed by atoms with E-state index in [2.05, 4.69) is 0 Å². The molecule has 0 aliphatic carbocycles. The summed E-state index contributed by atoms with van der Waals surface area (Å²) in [6.07, 6.45) is 0. The van der Waals surface area contributed by atoms with Crippen molar-refractivity contribution in [1.29, 1.82) is 0 Å². The van der Waals surface area contributed by atoms with Gasteiger partial charge in [0.1, 0.15) is 28.4 Å². The van der Waals surface area contributed by atoms with E-state index in [1.807, 2.05) is 13.8 Å². The van der Waals surface area contributed by atoms with Crippen LogP contribution in [0.4, 0.5) is 0 Å². The lowest BCUT2D eigenvalue weighted by Gasteiger charge is -2.18. The van der Waals surface area contributed by atoms with Gasteiger partial charge in [0.2, 0.25) is 11.2 Å². The number of benzene rings is 4. The lowest BCUT2D eigenvalue weighted by molar-refractivity contribution is 0.0999. The Bertz CT molecular complexity index is 2150. The van der Waals surface area contributed by atoms with Crippen LogP contribution in [0.3, 0.4) is 0 Å². The van der Waals surface area contributed by atoms with Crippen molar-refractivity contribution >= 4 is 45.1 Å². The molecule has 0 aliphatic rings. The summed E-state index contributed by atoms with van der Waals surface area (Å²) in [5, 5.41) is 50.7. The summed E-state index contributed by atoms with van der Waals surface area (Å²) in [7, 11) is 0. The second kappa shape index (κ2) is 12.0. The van der Waals surface area contributed by atoms with Crippen LogP contribution < -0.4 is 5.43 Å². The highest BCUT2D eigenvalue weighted by molar-refractivity contribution is 6.19. The summed E-state index contributed by atoms with van der Waals surface area (Å²) in [6, 6.07) is 8.74. The molecule has 11 heteroatoms. The maximum Gasteiger partial charge on any atom is 0.200 e. The quantitative estimate of drug-likeness (QED) is 0.0651. The molecule has 230 valence electrons. The van der Waals surface area contributed by atoms with Gasteiger partial charge >= 0.3 is 0 Å². The van der Waals surface area contributed by atoms with Crippen molar-refractivity contribution in [2.45, 2.75) is 34.6 Å². The minimum atomic E-state index is -1.07. The number of Topliss-reactive ketones (excluding diaryl/α,β-unsaturated/α-hetero) is 3. The molecule has 0 spiro atoms. The van der Waals surface area contributed by atoms with Gasteiger partial charge in [0, 0.05) is 23.3 Å². The zero-order chi connectivity index (χ0) is 33.5. The number of aromatic hydroxyl groups is 5. The molecule has 0 unspecified atom stereocenters. The summed E-state index contributed by atoms with van der Waals surface area (Å²) in [5.41, 5.74) is -2.85. The maximum atomic E-state index is 13.5. The van der Waals surface area contributed by atoms with Crippen molar-refractivity contribution in [2.75, 3.05) is 0 Å². The lowest BCUT2D eigenvalue weighted by Crippen LogP contribution is -2.12. The summed E-state index contributed by atoms with van der Waals surface area (Å²) < 4.78 is 5.93. The standard InChI is InChI=1S/C32H22O11.C2H6/c1-12(33)18-9-22-29(40)17-5-4-16(36)8-26(17)43-32(22)27(14(3)35)28(18)15-6-19(13(2)34)30(41)21(7-15)31(42)20-10-24(38)25(39)11-23(20)37;1-2/h4-11,36-39,41H,1-3H3;1-2H3. The number of fused-ring (bicyclic) bond motifs is 2. The fourth-order valence-corrected chi connectivity index (χ4v) is 5.00. The average Bonchev–Trinajstić information content (AvgIpc) is 2.98. The van der Waals surface area contributed by atoms with E-state index in [9.17, 15) is 49.5 Å². The molecule has 1 aromatic heterocycles. The Kier molecular flexibility index (Phi) is 8.49. The molecule has 45 heavy (non-hydrogen) atoms. The van der Waals surface area contributed by atoms with Gasteiger partial charge in [-0.15, -0.1) is 0 Å². The molecule has 4 aromatic carbocycles. The van der Waals surface area contributed by atoms with Crippen LogP contribution in [-0.4, -0.2) is 48.7 Å². The molecular weight excluding hydrogens is 584 g/mol. The number of phenolic OH excluding ortho intramolecular Hbond substituents is 5. The number of carbonyl (C=O) groups is 4. The van der Waals surface area contributed by atoms with Crippen molar-refractivity contribution in [1.82, 2.24) is 0 Å². The largest absolute Gasteiger partial charge is 0.508 e. The average molecular weight is 613 g/mol. The highest BCUT2D eigenvalue weighted by Crippen LogP contribution is 2.41. The van der Waals surface area contributed by atoms with Gasteiger partial charge in [-0.1, -0.05) is 13.8 Å². The van der Waals surface area contributed by atoms with E-state index in [1.54, 1.807) is 0 Å². The molecule has 0 atom stereocenters. The molecule has 0 amide bonds. The maximum absolute atomic E-state index is 13.5. The fraction of sp³-hybridized carbons (Fsp3) is 0.147. The number of phenols is 5. The predicted octanol–water partition coefficient (Wildman–Crippen LogP) is 6.01. The predicted molar refractivity (Wildman–Crippen MR) is 165 cm³/mol. The minimum Gasteiger partial charge on any atom is -0.508 e. The number of hydrogen-bond donors (Lipinski definition) is 5. The van der Waals surface area contributed by atoms with Crippen molar-refractivity contribution in [3.8, 4) is 39.9 Å². The number of hydrogen-bond acceptors (Lipinski definition) is 11. The van der Waals surface area contributed by atoms with Crippen molar-refractivity contribution < 1.29 is 49.1 Å². The number of carbonyl (C=O) groups excluding carboxylic acids is 4. The van der Waals surface area contributed by atoms with E-state index >= 15 is 0 Å². The first-order valence-corrected chi connectivity index (χ1v) is 13.7. The Morgan fingerprint density at radius 1 is 0.622 bits per heavy atom. The molecule has 11 nitrogen and oxygen atoms in total. The van der Waals surface area contributed by atoms with Gasteiger partial charge in [-0.2, -0.15) is 0 Å². The smallest absolute Gasteiger partial charge is 0.200 e. The van der Waals surface area contributed by atoms with Gasteiger partial charge in [0.25, 0.3) is 0 Å². The van der Waals surface area contributed by atoms with Crippen molar-refractivity contribution in [2.24, 2.45) is 0 Å². The monoisotopic (exact) mass is 612 g/mol. The van der Waals surface area contributed by atoms with Crippen LogP contribution in [0.1, 0.15) is 81.6 Å². The molecule has 0 radical (unpaired) electrons. The van der Waals surface area contributed by atoms with Crippen LogP contribution in [-0.2, 0) is 0 Å². The van der Waals surface area contributed by atoms with Gasteiger partial charge < -0.3 is 29.9 Å². The van der Waals surface area contributed by atoms with Gasteiger partial charge in [-0.05, 0) is 62.7 Å². The Hall–Kier alpha value is -5.97. The van der Waals surface area contributed by atoms with E-state index in [0.717, 1.165) is 32.0 Å². The first-order chi connectivity index (χ1) is 21.2. The Morgan fingerprint density at radius 2 is 1.22 bits per heavy atom. The molecule has 0 saturated heterocycles. The fourth-order valence-electron chi connectivity index (χ4n) is 5.00. The van der Waals surface area contributed by atoms with Crippen molar-refractivity contribution in [3.63, 3.8) is 0 Å². The summed E-state index contributed by atoms with van der Waals surface area (Å²) in [5.74, 6) is -6.21. The molecule has 0 aliphatic heterocycles. The third kappa shape index (κ3) is 5.47. The normalized spacial score (nSPS) is 10.8. The van der Waals surface area contributed by atoms with Crippen LogP contribution >= 0.6 is 0 Å². The van der Waals surface area contributed by atoms with Crippen LogP contribution in [0.5, 0.6) is 28.7 Å². The summed E-state index contributed by atoms with van der Waals surface area (Å²) in [4.78, 5) is 65.7. The summed E-state index contributed by atoms with van der Waals surface area (Å²) >= 11 is 0. The molecule has 0 fully saturated rings. The van der Waals surface area contributed by atoms with Gasteiger partial charge in [-0.25, -0.2) is 0 Å². The molecule has 5 rings (SSSR count). The third-order valence-electron chi connectivity index (χ3n) is 7.04. The van der Waals surface area contributed by atoms with E-state index < -0.39 is 62.7 Å². The topological polar surface area (TPSA) is 200 Å². The third-order valence-corrected chi connectivity index (χ3v) is 7.04. The van der Waals surface area contributed by atoms with Crippen LogP contribution in [0, 0.1) is 0 Å². The Morgan fingerprint density at radius 3 is 1.82 bits per heavy atom. The molecule has 0 bridgehead atoms. The zero-order valence-electron chi connectivity index (χ0n) is 24.8. The zero-order valence-corrected chi connectivity index (χ0v) is 24.8. The van der Waals surface area contributed by atoms with Gasteiger partial charge in [-0.3, -0.25) is 24.0 Å². The first kappa shape index (κ1) is 32.0. The van der Waals surface area contributed by atoms with E-state index in [-0.39, 0.29) is 55.5 Å². The second-order valence-corrected chi connectivity index (χ2v) is 9.94. The highest BCUT2D eigenvalue weighted by Gasteiger charge is 2.29. The number of rotatable bonds is 6. The second-order valence-electron chi connectivity index (χ2n) is 9.94. The lowest BCUT2D eigenvalue weighted by atomic mass is 9.85. The molecule has 5 aromatic rings. The molecular formula is C34H28O11. The molecule has 5 N–H and O–H groups in total. The molecule has 0 saturated carbocycles. The van der Waals surface area contributed by atoms with Crippen LogP contribution in [0.25, 0.3) is 33.1 Å². The van der Waals surface area contributed by atoms with E-state index in [4.69, 9.17) is 4.42 Å². The SMILES string of the molecule is CC.CC(=O)c1cc(-c2c(C(C)=O)cc3c(=O)c4ccc(O)cc4oc3c2C(C)=O)cc(C(=O)c2cc(O)c(O)cc2O)c1O. The van der Waals surface area contributed by atoms with Gasteiger partial charge in [0.15, 0.2) is 28.8 Å². The summed E-state index contributed by atoms with van der Waals surface area (Å²) in [6.45, 7) is 7.45. The van der Waals surface area contributed by atoms with Crippen molar-refractivity contribution in [3.05, 3.63) is 86.6 Å². The highest BCUT2D eigenvalue weighted by atomic mass is 16.3. The van der Waals surface area contributed by atoms with Crippen LogP contribution in [0.2, 0.25) is 0 Å². The molecule has 1 heterocycles. The van der Waals surface area contributed by atoms with E-state index in [0.29, 0.717) is 6.07 Å². The Balaban J connectivity index is 0.00000226.